The lowest BCUT2D eigenvalue weighted by Gasteiger charge is -2.02. The summed E-state index contributed by atoms with van der Waals surface area (Å²) in [7, 11) is 0. The molecule has 1 rings (SSSR count). The van der Waals surface area contributed by atoms with Crippen molar-refractivity contribution in [1.82, 2.24) is 9.88 Å². The van der Waals surface area contributed by atoms with Gasteiger partial charge in [0, 0.05) is 24.7 Å². The van der Waals surface area contributed by atoms with Gasteiger partial charge in [0.15, 0.2) is 0 Å². The molecule has 0 spiro atoms. The Bertz CT molecular complexity index is 266. The Morgan fingerprint density at radius 2 is 2.42 bits per heavy atom. The van der Waals surface area contributed by atoms with E-state index in [2.05, 4.69) is 12.2 Å². The third-order valence-electron chi connectivity index (χ3n) is 1.60. The van der Waals surface area contributed by atoms with E-state index in [1.54, 1.807) is 4.57 Å². The van der Waals surface area contributed by atoms with Crippen molar-refractivity contribution in [2.45, 2.75) is 19.9 Å². The van der Waals surface area contributed by atoms with Gasteiger partial charge in [0.25, 0.3) is 0 Å². The van der Waals surface area contributed by atoms with Crippen molar-refractivity contribution in [3.8, 4) is 0 Å². The van der Waals surface area contributed by atoms with Gasteiger partial charge in [0.2, 0.25) is 0 Å². The van der Waals surface area contributed by atoms with Gasteiger partial charge in [-0.1, -0.05) is 18.3 Å². The fourth-order valence-electron chi connectivity index (χ4n) is 0.958. The molecule has 0 atom stereocenters. The van der Waals surface area contributed by atoms with Crippen LogP contribution in [0.2, 0.25) is 0 Å². The third-order valence-corrected chi connectivity index (χ3v) is 2.29. The van der Waals surface area contributed by atoms with Gasteiger partial charge in [0.05, 0.1) is 0 Å². The molecule has 1 N–H and O–H groups in total. The van der Waals surface area contributed by atoms with Crippen molar-refractivity contribution in [1.29, 1.82) is 0 Å². The lowest BCUT2D eigenvalue weighted by molar-refractivity contribution is 0.589. The molecule has 3 nitrogen and oxygen atoms in total. The van der Waals surface area contributed by atoms with Gasteiger partial charge < -0.3 is 9.88 Å². The van der Waals surface area contributed by atoms with Crippen molar-refractivity contribution in [2.24, 2.45) is 0 Å². The lowest BCUT2D eigenvalue weighted by Crippen LogP contribution is -2.24. The maximum absolute atomic E-state index is 11.0. The third kappa shape index (κ3) is 2.79. The van der Waals surface area contributed by atoms with Crippen molar-refractivity contribution in [3.63, 3.8) is 0 Å². The first-order chi connectivity index (χ1) is 5.84. The minimum Gasteiger partial charge on any atom is -0.315 e. The first-order valence-corrected chi connectivity index (χ1v) is 5.07. The summed E-state index contributed by atoms with van der Waals surface area (Å²) < 4.78 is 1.73. The number of hydrogen-bond acceptors (Lipinski definition) is 3. The van der Waals surface area contributed by atoms with E-state index in [0.29, 0.717) is 0 Å². The average molecular weight is 186 g/mol. The molecule has 0 aliphatic carbocycles. The molecule has 0 saturated carbocycles. The second-order valence-electron chi connectivity index (χ2n) is 2.61. The summed E-state index contributed by atoms with van der Waals surface area (Å²) in [5, 5.41) is 5.07. The first-order valence-electron chi connectivity index (χ1n) is 4.19. The Morgan fingerprint density at radius 1 is 1.58 bits per heavy atom. The van der Waals surface area contributed by atoms with Crippen LogP contribution < -0.4 is 10.2 Å². The van der Waals surface area contributed by atoms with Crippen LogP contribution in [-0.2, 0) is 6.54 Å². The van der Waals surface area contributed by atoms with E-state index in [9.17, 15) is 4.79 Å². The molecule has 0 unspecified atom stereocenters. The Hall–Kier alpha value is -0.610. The molecule has 1 heterocycles. The molecule has 12 heavy (non-hydrogen) atoms. The Balaban J connectivity index is 2.24. The van der Waals surface area contributed by atoms with Crippen molar-refractivity contribution >= 4 is 11.3 Å². The summed E-state index contributed by atoms with van der Waals surface area (Å²) in [6.07, 6.45) is 2.97. The minimum absolute atomic E-state index is 0.133. The van der Waals surface area contributed by atoms with Crippen LogP contribution in [0.1, 0.15) is 13.3 Å². The number of hydrogen-bond donors (Lipinski definition) is 1. The molecule has 0 bridgehead atoms. The van der Waals surface area contributed by atoms with Crippen LogP contribution in [0.3, 0.4) is 0 Å². The molecule has 1 aromatic rings. The van der Waals surface area contributed by atoms with Gasteiger partial charge in [0.1, 0.15) is 0 Å². The number of rotatable bonds is 5. The number of thiazole rings is 1. The highest BCUT2D eigenvalue weighted by Gasteiger charge is 1.94. The molecule has 0 radical (unpaired) electrons. The monoisotopic (exact) mass is 186 g/mol. The molecule has 4 heteroatoms. The van der Waals surface area contributed by atoms with Crippen LogP contribution in [0.25, 0.3) is 0 Å². The normalized spacial score (nSPS) is 10.4. The van der Waals surface area contributed by atoms with Crippen LogP contribution >= 0.6 is 11.3 Å². The number of nitrogens with one attached hydrogen (secondary N) is 1. The Kier molecular flexibility index (Phi) is 4.04. The second-order valence-corrected chi connectivity index (χ2v) is 3.47. The van der Waals surface area contributed by atoms with Gasteiger partial charge >= 0.3 is 4.87 Å². The van der Waals surface area contributed by atoms with Crippen molar-refractivity contribution in [3.05, 3.63) is 21.2 Å². The highest BCUT2D eigenvalue weighted by Crippen LogP contribution is 1.87. The van der Waals surface area contributed by atoms with Crippen molar-refractivity contribution in [2.75, 3.05) is 13.1 Å². The predicted molar refractivity (Wildman–Crippen MR) is 51.7 cm³/mol. The van der Waals surface area contributed by atoms with E-state index < -0.39 is 0 Å². The fourth-order valence-corrected chi connectivity index (χ4v) is 1.57. The summed E-state index contributed by atoms with van der Waals surface area (Å²) in [5.41, 5.74) is 0. The van der Waals surface area contributed by atoms with E-state index in [1.165, 1.54) is 11.3 Å². The highest BCUT2D eigenvalue weighted by molar-refractivity contribution is 7.07. The zero-order valence-corrected chi connectivity index (χ0v) is 8.06. The fraction of sp³-hybridized carbons (Fsp3) is 0.625. The van der Waals surface area contributed by atoms with Gasteiger partial charge in [-0.2, -0.15) is 0 Å². The van der Waals surface area contributed by atoms with Crippen LogP contribution in [0.15, 0.2) is 16.4 Å². The smallest absolute Gasteiger partial charge is 0.307 e. The molecule has 1 aromatic heterocycles. The average Bonchev–Trinajstić information content (AvgIpc) is 2.46. The Labute approximate surface area is 76.0 Å². The predicted octanol–water partition coefficient (Wildman–Crippen LogP) is 0.909. The van der Waals surface area contributed by atoms with E-state index >= 15 is 0 Å². The molecule has 68 valence electrons. The molecule has 0 aliphatic rings. The molecule has 0 aromatic carbocycles. The quantitative estimate of drug-likeness (QED) is 0.693. The van der Waals surface area contributed by atoms with E-state index in [1.807, 2.05) is 11.6 Å². The summed E-state index contributed by atoms with van der Waals surface area (Å²) in [4.78, 5) is 11.2. The summed E-state index contributed by atoms with van der Waals surface area (Å²) in [6, 6.07) is 0. The largest absolute Gasteiger partial charge is 0.315 e. The summed E-state index contributed by atoms with van der Waals surface area (Å²) >= 11 is 1.25. The van der Waals surface area contributed by atoms with Crippen LogP contribution in [0.5, 0.6) is 0 Å². The van der Waals surface area contributed by atoms with E-state index in [0.717, 1.165) is 26.1 Å². The molecular weight excluding hydrogens is 172 g/mol. The first kappa shape index (κ1) is 9.48. The maximum Gasteiger partial charge on any atom is 0.307 e. The summed E-state index contributed by atoms with van der Waals surface area (Å²) in [5.74, 6) is 0. The number of aromatic nitrogens is 1. The Morgan fingerprint density at radius 3 is 3.00 bits per heavy atom. The molecular formula is C8H14N2OS. The van der Waals surface area contributed by atoms with Gasteiger partial charge in [-0.05, 0) is 13.0 Å². The minimum atomic E-state index is 0.133. The van der Waals surface area contributed by atoms with Crippen LogP contribution in [0.4, 0.5) is 0 Å². The second kappa shape index (κ2) is 5.11. The molecule has 0 fully saturated rings. The van der Waals surface area contributed by atoms with Crippen molar-refractivity contribution < 1.29 is 0 Å². The van der Waals surface area contributed by atoms with Gasteiger partial charge in [-0.3, -0.25) is 4.79 Å². The zero-order valence-electron chi connectivity index (χ0n) is 7.25. The highest BCUT2D eigenvalue weighted by atomic mass is 32.1. The van der Waals surface area contributed by atoms with E-state index in [4.69, 9.17) is 0 Å². The standard InChI is InChI=1S/C8H14N2OS/c1-2-3-9-4-5-10-6-7-12-8(10)11/h6-7,9H,2-5H2,1H3. The maximum atomic E-state index is 11.0. The molecule has 0 saturated heterocycles. The van der Waals surface area contributed by atoms with Gasteiger partial charge in [-0.25, -0.2) is 0 Å². The molecule has 0 amide bonds. The lowest BCUT2D eigenvalue weighted by atomic mass is 10.5. The van der Waals surface area contributed by atoms with E-state index in [-0.39, 0.29) is 4.87 Å². The SMILES string of the molecule is CCCNCCn1ccsc1=O. The van der Waals surface area contributed by atoms with Crippen LogP contribution in [-0.4, -0.2) is 17.7 Å². The topological polar surface area (TPSA) is 34.0 Å². The number of nitrogens with zero attached hydrogens (tertiary/aromatic N) is 1. The zero-order chi connectivity index (χ0) is 8.81. The van der Waals surface area contributed by atoms with Crippen LogP contribution in [0, 0.1) is 0 Å². The summed E-state index contributed by atoms with van der Waals surface area (Å²) in [6.45, 7) is 4.81. The van der Waals surface area contributed by atoms with Gasteiger partial charge in [-0.15, -0.1) is 0 Å². The molecule has 0 aliphatic heterocycles.